The van der Waals surface area contributed by atoms with Gasteiger partial charge in [-0.2, -0.15) is 0 Å². The second-order valence-corrected chi connectivity index (χ2v) is 8.72. The predicted molar refractivity (Wildman–Crippen MR) is 111 cm³/mol. The van der Waals surface area contributed by atoms with E-state index in [4.69, 9.17) is 9.84 Å². The van der Waals surface area contributed by atoms with E-state index in [1.165, 1.54) is 28.5 Å². The van der Waals surface area contributed by atoms with Gasteiger partial charge in [0.15, 0.2) is 10.0 Å². The van der Waals surface area contributed by atoms with Crippen LogP contribution in [0.4, 0.5) is 5.69 Å². The zero-order valence-corrected chi connectivity index (χ0v) is 17.4. The number of aryl methyl sites for hydroxylation is 1. The molecule has 0 bridgehead atoms. The number of nitrogens with one attached hydrogen (secondary N) is 1. The van der Waals surface area contributed by atoms with Gasteiger partial charge >= 0.3 is 5.97 Å². The summed E-state index contributed by atoms with van der Waals surface area (Å²) >= 11 is 2.80. The average Bonchev–Trinajstić information content (AvgIpc) is 3.28. The molecule has 0 spiro atoms. The molecule has 1 unspecified atom stereocenters. The number of likely N-dealkylation sites (tertiary alicyclic amines) is 1. The van der Waals surface area contributed by atoms with Crippen LogP contribution >= 0.6 is 23.1 Å². The molecule has 2 N–H and O–H groups in total. The van der Waals surface area contributed by atoms with Crippen LogP contribution in [0.5, 0.6) is 5.75 Å². The Morgan fingerprint density at radius 1 is 1.50 bits per heavy atom. The number of methoxy groups -OCH3 is 1. The zero-order valence-electron chi connectivity index (χ0n) is 15.8. The molecule has 150 valence electrons. The van der Waals surface area contributed by atoms with Crippen molar-refractivity contribution >= 4 is 40.7 Å². The third kappa shape index (κ3) is 4.96. The SMILES string of the molecule is COc1ccc(C)cc1NCC1CCC(=O)N1CCSc1nc(C(=O)O)cs1. The molecule has 1 aromatic carbocycles. The minimum atomic E-state index is -1.02. The van der Waals surface area contributed by atoms with Crippen molar-refractivity contribution < 1.29 is 19.4 Å². The van der Waals surface area contributed by atoms with Crippen LogP contribution in [0.15, 0.2) is 27.9 Å². The highest BCUT2D eigenvalue weighted by Crippen LogP contribution is 2.28. The summed E-state index contributed by atoms with van der Waals surface area (Å²) in [6.07, 6.45) is 1.38. The predicted octanol–water partition coefficient (Wildman–Crippen LogP) is 3.35. The Labute approximate surface area is 172 Å². The smallest absolute Gasteiger partial charge is 0.355 e. The molecule has 3 rings (SSSR count). The summed E-state index contributed by atoms with van der Waals surface area (Å²) in [5.41, 5.74) is 2.14. The summed E-state index contributed by atoms with van der Waals surface area (Å²) in [7, 11) is 1.65. The van der Waals surface area contributed by atoms with Crippen LogP contribution in [0, 0.1) is 6.92 Å². The van der Waals surface area contributed by atoms with Crippen molar-refractivity contribution in [3.05, 3.63) is 34.8 Å². The van der Waals surface area contributed by atoms with Crippen LogP contribution in [-0.2, 0) is 4.79 Å². The first-order valence-corrected chi connectivity index (χ1v) is 10.8. The van der Waals surface area contributed by atoms with Gasteiger partial charge in [-0.3, -0.25) is 4.79 Å². The Morgan fingerprint density at radius 2 is 2.32 bits per heavy atom. The van der Waals surface area contributed by atoms with E-state index in [1.807, 2.05) is 30.0 Å². The van der Waals surface area contributed by atoms with Gasteiger partial charge in [0.05, 0.1) is 12.8 Å². The van der Waals surface area contributed by atoms with E-state index < -0.39 is 5.97 Å². The van der Waals surface area contributed by atoms with Crippen LogP contribution in [0.25, 0.3) is 0 Å². The maximum Gasteiger partial charge on any atom is 0.355 e. The molecule has 1 amide bonds. The number of carbonyl (C=O) groups excluding carboxylic acids is 1. The number of carboxylic acids is 1. The van der Waals surface area contributed by atoms with Gasteiger partial charge in [0.1, 0.15) is 5.75 Å². The van der Waals surface area contributed by atoms with Crippen LogP contribution in [0.2, 0.25) is 0 Å². The normalized spacial score (nSPS) is 16.4. The molecule has 1 atom stereocenters. The number of aromatic nitrogens is 1. The molecule has 28 heavy (non-hydrogen) atoms. The lowest BCUT2D eigenvalue weighted by Gasteiger charge is -2.25. The van der Waals surface area contributed by atoms with E-state index in [2.05, 4.69) is 10.3 Å². The van der Waals surface area contributed by atoms with Crippen LogP contribution in [0.1, 0.15) is 28.9 Å². The Morgan fingerprint density at radius 3 is 3.04 bits per heavy atom. The van der Waals surface area contributed by atoms with E-state index in [9.17, 15) is 9.59 Å². The van der Waals surface area contributed by atoms with Crippen LogP contribution in [0.3, 0.4) is 0 Å². The third-order valence-corrected chi connectivity index (χ3v) is 6.60. The molecule has 2 heterocycles. The number of rotatable bonds is 9. The molecule has 2 aromatic rings. The highest BCUT2D eigenvalue weighted by atomic mass is 32.2. The Bertz CT molecular complexity index is 855. The maximum absolute atomic E-state index is 12.3. The molecule has 0 radical (unpaired) electrons. The van der Waals surface area contributed by atoms with Gasteiger partial charge in [-0.25, -0.2) is 9.78 Å². The van der Waals surface area contributed by atoms with Gasteiger partial charge < -0.3 is 20.1 Å². The minimum absolute atomic E-state index is 0.0685. The number of carbonyl (C=O) groups is 2. The first-order valence-electron chi connectivity index (χ1n) is 8.97. The highest BCUT2D eigenvalue weighted by molar-refractivity contribution is 8.01. The fourth-order valence-corrected chi connectivity index (χ4v) is 4.96. The van der Waals surface area contributed by atoms with Gasteiger partial charge in [-0.15, -0.1) is 11.3 Å². The lowest BCUT2D eigenvalue weighted by atomic mass is 10.2. The molecule has 1 fully saturated rings. The first-order chi connectivity index (χ1) is 13.5. The molecule has 1 aromatic heterocycles. The Balaban J connectivity index is 1.54. The summed E-state index contributed by atoms with van der Waals surface area (Å²) < 4.78 is 6.11. The molecule has 1 saturated heterocycles. The Kier molecular flexibility index (Phi) is 6.79. The van der Waals surface area contributed by atoms with E-state index in [1.54, 1.807) is 7.11 Å². The number of carboxylic acid groups (broad SMARTS) is 1. The Hall–Kier alpha value is -2.26. The quantitative estimate of drug-likeness (QED) is 0.600. The number of hydrogen-bond acceptors (Lipinski definition) is 7. The first kappa shape index (κ1) is 20.5. The van der Waals surface area contributed by atoms with Gasteiger partial charge in [0, 0.05) is 36.7 Å². The second-order valence-electron chi connectivity index (χ2n) is 6.52. The topological polar surface area (TPSA) is 91.8 Å². The van der Waals surface area contributed by atoms with Crippen molar-refractivity contribution in [1.29, 1.82) is 0 Å². The van der Waals surface area contributed by atoms with E-state index >= 15 is 0 Å². The lowest BCUT2D eigenvalue weighted by Crippen LogP contribution is -2.39. The molecule has 0 saturated carbocycles. The van der Waals surface area contributed by atoms with E-state index in [0.29, 0.717) is 29.6 Å². The summed E-state index contributed by atoms with van der Waals surface area (Å²) in [6, 6.07) is 6.11. The monoisotopic (exact) mass is 421 g/mol. The number of benzene rings is 1. The number of amides is 1. The number of thioether (sulfide) groups is 1. The molecule has 9 heteroatoms. The van der Waals surface area contributed by atoms with Crippen molar-refractivity contribution in [3.8, 4) is 5.75 Å². The molecule has 1 aliphatic rings. The minimum Gasteiger partial charge on any atom is -0.495 e. The second kappa shape index (κ2) is 9.29. The number of aromatic carboxylic acids is 1. The average molecular weight is 422 g/mol. The lowest BCUT2D eigenvalue weighted by molar-refractivity contribution is -0.128. The third-order valence-electron chi connectivity index (χ3n) is 4.60. The van der Waals surface area contributed by atoms with Crippen molar-refractivity contribution in [2.45, 2.75) is 30.1 Å². The van der Waals surface area contributed by atoms with Crippen LogP contribution < -0.4 is 10.1 Å². The summed E-state index contributed by atoms with van der Waals surface area (Å²) in [5, 5.41) is 13.9. The number of anilines is 1. The number of ether oxygens (including phenoxy) is 1. The van der Waals surface area contributed by atoms with Gasteiger partial charge in [-0.1, -0.05) is 17.8 Å². The zero-order chi connectivity index (χ0) is 20.1. The number of thiazole rings is 1. The summed E-state index contributed by atoms with van der Waals surface area (Å²) in [4.78, 5) is 29.2. The van der Waals surface area contributed by atoms with E-state index in [-0.39, 0.29) is 17.6 Å². The van der Waals surface area contributed by atoms with Crippen molar-refractivity contribution in [1.82, 2.24) is 9.88 Å². The van der Waals surface area contributed by atoms with Crippen molar-refractivity contribution in [2.75, 3.05) is 31.3 Å². The number of hydrogen-bond donors (Lipinski definition) is 2. The van der Waals surface area contributed by atoms with Crippen molar-refractivity contribution in [2.24, 2.45) is 0 Å². The van der Waals surface area contributed by atoms with Gasteiger partial charge in [-0.05, 0) is 31.0 Å². The molecule has 7 nitrogen and oxygen atoms in total. The van der Waals surface area contributed by atoms with Crippen LogP contribution in [-0.4, -0.2) is 58.9 Å². The highest BCUT2D eigenvalue weighted by Gasteiger charge is 2.30. The molecular formula is C19H23N3O4S2. The standard InChI is InChI=1S/C19H23N3O4S2/c1-12-3-5-16(26-2)14(9-12)20-10-13-4-6-17(23)22(13)7-8-27-19-21-15(11-28-19)18(24)25/h3,5,9,11,13,20H,4,6-8,10H2,1-2H3,(H,24,25). The van der Waals surface area contributed by atoms with E-state index in [0.717, 1.165) is 23.4 Å². The largest absolute Gasteiger partial charge is 0.495 e. The fourth-order valence-electron chi connectivity index (χ4n) is 3.15. The summed E-state index contributed by atoms with van der Waals surface area (Å²) in [6.45, 7) is 3.31. The number of nitrogens with zero attached hydrogens (tertiary/aromatic N) is 2. The fraction of sp³-hybridized carbons (Fsp3) is 0.421. The molecule has 1 aliphatic heterocycles. The summed E-state index contributed by atoms with van der Waals surface area (Å²) in [5.74, 6) is 0.613. The molecular weight excluding hydrogens is 398 g/mol. The molecule has 0 aliphatic carbocycles. The maximum atomic E-state index is 12.3. The van der Waals surface area contributed by atoms with Crippen molar-refractivity contribution in [3.63, 3.8) is 0 Å². The van der Waals surface area contributed by atoms with Gasteiger partial charge in [0.25, 0.3) is 0 Å². The van der Waals surface area contributed by atoms with Gasteiger partial charge in [0.2, 0.25) is 5.91 Å².